The normalized spacial score (nSPS) is 13.6. The number of ether oxygens (including phenoxy) is 1. The number of likely N-dealkylation sites (N-methyl/N-ethyl adjacent to an activating group) is 2. The molecule has 1 aliphatic heterocycles. The van der Waals surface area contributed by atoms with E-state index in [-0.39, 0.29) is 17.4 Å². The first-order valence-electron chi connectivity index (χ1n) is 11.3. The van der Waals surface area contributed by atoms with Gasteiger partial charge in [-0.1, -0.05) is 30.3 Å². The molecular formula is C27H27N5O4. The van der Waals surface area contributed by atoms with Crippen molar-refractivity contribution in [2.24, 2.45) is 0 Å². The molecule has 0 radical (unpaired) electrons. The van der Waals surface area contributed by atoms with Crippen molar-refractivity contribution < 1.29 is 19.1 Å². The van der Waals surface area contributed by atoms with Gasteiger partial charge in [-0.3, -0.25) is 14.6 Å². The summed E-state index contributed by atoms with van der Waals surface area (Å²) in [6.07, 6.45) is 1.39. The van der Waals surface area contributed by atoms with Crippen LogP contribution in [0.25, 0.3) is 11.3 Å². The predicted molar refractivity (Wildman–Crippen MR) is 139 cm³/mol. The van der Waals surface area contributed by atoms with E-state index in [1.54, 1.807) is 18.0 Å². The zero-order valence-corrected chi connectivity index (χ0v) is 20.5. The van der Waals surface area contributed by atoms with Gasteiger partial charge >= 0.3 is 5.97 Å². The minimum Gasteiger partial charge on any atom is -0.465 e. The molecule has 0 unspecified atom stereocenters. The third-order valence-electron chi connectivity index (χ3n) is 5.68. The van der Waals surface area contributed by atoms with Crippen LogP contribution in [0.1, 0.15) is 21.6 Å². The van der Waals surface area contributed by atoms with E-state index in [1.807, 2.05) is 73.6 Å². The van der Waals surface area contributed by atoms with Gasteiger partial charge in [-0.05, 0) is 50.0 Å². The first kappa shape index (κ1) is 24.6. The van der Waals surface area contributed by atoms with Crippen LogP contribution in [0.5, 0.6) is 0 Å². The molecule has 36 heavy (non-hydrogen) atoms. The summed E-state index contributed by atoms with van der Waals surface area (Å²) in [7, 11) is 6.72. The lowest BCUT2D eigenvalue weighted by Gasteiger charge is -2.20. The molecule has 2 heterocycles. The number of benzene rings is 2. The molecule has 0 aliphatic carbocycles. The molecule has 0 atom stereocenters. The molecule has 0 spiro atoms. The van der Waals surface area contributed by atoms with E-state index in [1.165, 1.54) is 13.3 Å². The largest absolute Gasteiger partial charge is 0.465 e. The van der Waals surface area contributed by atoms with Crippen LogP contribution in [0.4, 0.5) is 17.1 Å². The second-order valence-electron chi connectivity index (χ2n) is 8.54. The van der Waals surface area contributed by atoms with Crippen molar-refractivity contribution in [3.63, 3.8) is 0 Å². The van der Waals surface area contributed by atoms with Crippen LogP contribution in [-0.2, 0) is 14.3 Å². The molecule has 2 N–H and O–H groups in total. The summed E-state index contributed by atoms with van der Waals surface area (Å²) >= 11 is 0. The third-order valence-corrected chi connectivity index (χ3v) is 5.68. The number of methoxy groups -OCH3 is 1. The molecule has 3 aromatic rings. The first-order chi connectivity index (χ1) is 17.3. The maximum absolute atomic E-state index is 13.1. The fourth-order valence-corrected chi connectivity index (χ4v) is 3.83. The van der Waals surface area contributed by atoms with Gasteiger partial charge in [0.05, 0.1) is 36.2 Å². The van der Waals surface area contributed by atoms with Crippen molar-refractivity contribution in [2.45, 2.75) is 0 Å². The van der Waals surface area contributed by atoms with E-state index in [9.17, 15) is 14.4 Å². The minimum atomic E-state index is -0.535. The van der Waals surface area contributed by atoms with E-state index < -0.39 is 5.97 Å². The monoisotopic (exact) mass is 485 g/mol. The highest BCUT2D eigenvalue weighted by Gasteiger charge is 2.31. The van der Waals surface area contributed by atoms with Crippen LogP contribution in [0, 0.1) is 0 Å². The van der Waals surface area contributed by atoms with Crippen LogP contribution in [0.15, 0.2) is 66.9 Å². The SMILES string of the molecule is COC(=O)c1cnc2c(c1)NC(=O)C2=C(Nc1ccc(N(C)C(=O)CN(C)C)cc1)c1ccccc1. The van der Waals surface area contributed by atoms with Crippen molar-refractivity contribution >= 4 is 46.1 Å². The molecule has 184 valence electrons. The molecule has 1 aliphatic rings. The Morgan fingerprint density at radius 2 is 1.69 bits per heavy atom. The lowest BCUT2D eigenvalue weighted by molar-refractivity contribution is -0.119. The van der Waals surface area contributed by atoms with Crippen LogP contribution in [0.2, 0.25) is 0 Å². The maximum atomic E-state index is 13.1. The highest BCUT2D eigenvalue weighted by molar-refractivity contribution is 6.37. The summed E-state index contributed by atoms with van der Waals surface area (Å²) in [5, 5.41) is 6.16. The Labute approximate surface area is 209 Å². The summed E-state index contributed by atoms with van der Waals surface area (Å²) in [5.41, 5.74) is 4.31. The molecule has 2 amide bonds. The molecule has 0 saturated heterocycles. The number of nitrogens with zero attached hydrogens (tertiary/aromatic N) is 3. The van der Waals surface area contributed by atoms with Crippen LogP contribution >= 0.6 is 0 Å². The molecule has 1 aromatic heterocycles. The van der Waals surface area contributed by atoms with Gasteiger partial charge in [-0.2, -0.15) is 0 Å². The van der Waals surface area contributed by atoms with Gasteiger partial charge < -0.3 is 25.2 Å². The van der Waals surface area contributed by atoms with Crippen LogP contribution in [0.3, 0.4) is 0 Å². The number of rotatable bonds is 7. The molecule has 0 saturated carbocycles. The number of carbonyl (C=O) groups is 3. The Morgan fingerprint density at radius 3 is 2.33 bits per heavy atom. The van der Waals surface area contributed by atoms with E-state index in [0.717, 1.165) is 16.9 Å². The second-order valence-corrected chi connectivity index (χ2v) is 8.54. The van der Waals surface area contributed by atoms with Crippen molar-refractivity contribution in [2.75, 3.05) is 50.3 Å². The van der Waals surface area contributed by atoms with Gasteiger partial charge in [-0.25, -0.2) is 4.79 Å². The standard InChI is InChI=1S/C27H27N5O4/c1-31(2)16-22(33)32(3)20-12-10-19(11-13-20)29-24(17-8-6-5-7-9-17)23-25-21(30-26(23)34)14-18(15-28-25)27(35)36-4/h5-15,29H,16H2,1-4H3,(H,30,34). The summed E-state index contributed by atoms with van der Waals surface area (Å²) in [6, 6.07) is 18.4. The Balaban J connectivity index is 1.71. The van der Waals surface area contributed by atoms with Gasteiger partial charge in [-0.15, -0.1) is 0 Å². The number of hydrogen-bond donors (Lipinski definition) is 2. The van der Waals surface area contributed by atoms with Crippen molar-refractivity contribution in [1.82, 2.24) is 9.88 Å². The lowest BCUT2D eigenvalue weighted by atomic mass is 10.0. The molecule has 2 aromatic carbocycles. The Morgan fingerprint density at radius 1 is 1.00 bits per heavy atom. The lowest BCUT2D eigenvalue weighted by Crippen LogP contribution is -2.34. The van der Waals surface area contributed by atoms with Gasteiger partial charge in [0, 0.05) is 24.6 Å². The fourth-order valence-electron chi connectivity index (χ4n) is 3.83. The topological polar surface area (TPSA) is 104 Å². The Kier molecular flexibility index (Phi) is 7.12. The number of amides is 2. The van der Waals surface area contributed by atoms with Gasteiger partial charge in [0.2, 0.25) is 5.91 Å². The summed E-state index contributed by atoms with van der Waals surface area (Å²) < 4.78 is 4.76. The number of anilines is 3. The summed E-state index contributed by atoms with van der Waals surface area (Å²) in [6.45, 7) is 0.306. The smallest absolute Gasteiger partial charge is 0.339 e. The van der Waals surface area contributed by atoms with E-state index in [2.05, 4.69) is 15.6 Å². The van der Waals surface area contributed by atoms with E-state index >= 15 is 0 Å². The number of fused-ring (bicyclic) bond motifs is 1. The molecule has 9 nitrogen and oxygen atoms in total. The first-order valence-corrected chi connectivity index (χ1v) is 11.3. The fraction of sp³-hybridized carbons (Fsp3) is 0.185. The predicted octanol–water partition coefficient (Wildman–Crippen LogP) is 3.33. The number of pyridine rings is 1. The molecule has 0 bridgehead atoms. The minimum absolute atomic E-state index is 0.0237. The van der Waals surface area contributed by atoms with Crippen LogP contribution in [-0.4, -0.2) is 62.5 Å². The van der Waals surface area contributed by atoms with Crippen molar-refractivity contribution in [1.29, 1.82) is 0 Å². The molecule has 4 rings (SSSR count). The average molecular weight is 486 g/mol. The third kappa shape index (κ3) is 5.11. The number of nitrogens with one attached hydrogen (secondary N) is 2. The second kappa shape index (κ2) is 10.4. The van der Waals surface area contributed by atoms with Gasteiger partial charge in [0.15, 0.2) is 0 Å². The number of esters is 1. The molecule has 9 heteroatoms. The van der Waals surface area contributed by atoms with Crippen molar-refractivity contribution in [3.8, 4) is 0 Å². The van der Waals surface area contributed by atoms with Crippen molar-refractivity contribution in [3.05, 3.63) is 83.7 Å². The zero-order valence-electron chi connectivity index (χ0n) is 20.5. The van der Waals surface area contributed by atoms with E-state index in [4.69, 9.17) is 4.74 Å². The zero-order chi connectivity index (χ0) is 25.8. The quantitative estimate of drug-likeness (QED) is 0.391. The highest BCUT2D eigenvalue weighted by Crippen LogP contribution is 2.36. The Hall–Kier alpha value is -4.50. The van der Waals surface area contributed by atoms with Crippen LogP contribution < -0.4 is 15.5 Å². The number of hydrogen-bond acceptors (Lipinski definition) is 7. The summed E-state index contributed by atoms with van der Waals surface area (Å²) in [5.74, 6) is -0.895. The average Bonchev–Trinajstić information content (AvgIpc) is 3.21. The Bertz CT molecular complexity index is 1330. The maximum Gasteiger partial charge on any atom is 0.339 e. The number of aromatic nitrogens is 1. The molecule has 0 fully saturated rings. The van der Waals surface area contributed by atoms with Gasteiger partial charge in [0.25, 0.3) is 5.91 Å². The van der Waals surface area contributed by atoms with Gasteiger partial charge in [0.1, 0.15) is 5.69 Å². The number of carbonyl (C=O) groups excluding carboxylic acids is 3. The van der Waals surface area contributed by atoms with E-state index in [0.29, 0.717) is 29.2 Å². The molecular weight excluding hydrogens is 458 g/mol. The summed E-state index contributed by atoms with van der Waals surface area (Å²) in [4.78, 5) is 45.2. The highest BCUT2D eigenvalue weighted by atomic mass is 16.5.